The lowest BCUT2D eigenvalue weighted by atomic mass is 9.94. The summed E-state index contributed by atoms with van der Waals surface area (Å²) in [4.78, 5) is 61.0. The van der Waals surface area contributed by atoms with Crippen LogP contribution >= 0.6 is 0 Å². The summed E-state index contributed by atoms with van der Waals surface area (Å²) in [6.07, 6.45) is -0.383. The third-order valence-electron chi connectivity index (χ3n) is 5.74. The zero-order valence-electron chi connectivity index (χ0n) is 24.2. The summed E-state index contributed by atoms with van der Waals surface area (Å²) in [6.45, 7) is 12.0. The van der Waals surface area contributed by atoms with E-state index < -0.39 is 47.4 Å². The lowest BCUT2D eigenvalue weighted by Gasteiger charge is -2.27. The van der Waals surface area contributed by atoms with Gasteiger partial charge in [0.05, 0.1) is 44.0 Å². The maximum Gasteiger partial charge on any atom is 0.246 e. The number of aldehydes is 1. The molecule has 0 saturated carbocycles. The Morgan fingerprint density at radius 3 is 2.03 bits per heavy atom. The van der Waals surface area contributed by atoms with Crippen LogP contribution in [-0.4, -0.2) is 104 Å². The molecule has 6 N–H and O–H groups in total. The molecule has 0 aromatic carbocycles. The first-order valence-corrected chi connectivity index (χ1v) is 13.2. The molecule has 0 aliphatic carbocycles. The lowest BCUT2D eigenvalue weighted by molar-refractivity contribution is -0.136. The van der Waals surface area contributed by atoms with Crippen LogP contribution < -0.4 is 21.3 Å². The molecule has 0 fully saturated rings. The normalized spacial score (nSPS) is 14.7. The third-order valence-corrected chi connectivity index (χ3v) is 5.74. The number of amides is 4. The summed E-state index contributed by atoms with van der Waals surface area (Å²) in [5, 5.41) is 29.5. The molecule has 0 radical (unpaired) electrons. The summed E-state index contributed by atoms with van der Waals surface area (Å²) in [5.41, 5.74) is -0.877. The maximum absolute atomic E-state index is 12.9. The van der Waals surface area contributed by atoms with Crippen LogP contribution in [0.3, 0.4) is 0 Å². The van der Waals surface area contributed by atoms with Crippen molar-refractivity contribution in [2.24, 2.45) is 17.3 Å². The van der Waals surface area contributed by atoms with E-state index in [1.165, 1.54) is 6.92 Å². The van der Waals surface area contributed by atoms with Gasteiger partial charge in [0.2, 0.25) is 23.6 Å². The predicted molar refractivity (Wildman–Crippen MR) is 143 cm³/mol. The average Bonchev–Trinajstić information content (AvgIpc) is 2.85. The van der Waals surface area contributed by atoms with Gasteiger partial charge in [0.1, 0.15) is 25.0 Å². The first-order chi connectivity index (χ1) is 18.2. The number of carbonyl (C=O) groups excluding carboxylic acids is 5. The minimum atomic E-state index is -1.32. The highest BCUT2D eigenvalue weighted by Crippen LogP contribution is 2.12. The first-order valence-electron chi connectivity index (χ1n) is 13.2. The van der Waals surface area contributed by atoms with Crippen molar-refractivity contribution in [2.75, 3.05) is 39.6 Å². The Hall–Kier alpha value is -2.61. The van der Waals surface area contributed by atoms with Gasteiger partial charge in [0.15, 0.2) is 0 Å². The highest BCUT2D eigenvalue weighted by molar-refractivity contribution is 5.93. The van der Waals surface area contributed by atoms with Gasteiger partial charge >= 0.3 is 0 Å². The van der Waals surface area contributed by atoms with Crippen molar-refractivity contribution in [1.82, 2.24) is 21.3 Å². The molecule has 4 atom stereocenters. The predicted octanol–water partition coefficient (Wildman–Crippen LogP) is -1.11. The maximum atomic E-state index is 12.9. The van der Waals surface area contributed by atoms with E-state index in [2.05, 4.69) is 21.3 Å². The summed E-state index contributed by atoms with van der Waals surface area (Å²) < 4.78 is 10.6. The van der Waals surface area contributed by atoms with Crippen LogP contribution in [0.5, 0.6) is 0 Å². The van der Waals surface area contributed by atoms with E-state index in [-0.39, 0.29) is 63.7 Å². The standard InChI is InChI=1S/C26H48N4O9/c1-16(2)12-19(23(35)30-22(18(5)33)24(36)29-20(13-31)17(3)4)28-21(34)14-39-11-10-38-9-8-27-25(37)26(6,7)15-32/h13,16-20,22,32-33H,8-12,14-15H2,1-7H3,(H,27,37)(H,28,34)(H,29,36)(H,30,35)/t18-,19+,20?,22+/m1/s1. The number of rotatable bonds is 20. The molecule has 0 saturated heterocycles. The van der Waals surface area contributed by atoms with E-state index in [1.54, 1.807) is 27.7 Å². The van der Waals surface area contributed by atoms with Gasteiger partial charge in [-0.15, -0.1) is 0 Å². The van der Waals surface area contributed by atoms with Gasteiger partial charge in [-0.2, -0.15) is 0 Å². The molecule has 13 heteroatoms. The SMILES string of the molecule is CC(C)C[C@H](NC(=O)COCCOCCNC(=O)C(C)(C)CO)C(=O)N[C@H](C(=O)NC(C=O)C(C)C)[C@@H](C)O. The molecule has 0 bridgehead atoms. The fraction of sp³-hybridized carbons (Fsp3) is 0.808. The van der Waals surface area contributed by atoms with E-state index in [0.717, 1.165) is 0 Å². The minimum absolute atomic E-state index is 0.0259. The molecular weight excluding hydrogens is 512 g/mol. The van der Waals surface area contributed by atoms with Gasteiger partial charge in [-0.05, 0) is 39.0 Å². The summed E-state index contributed by atoms with van der Waals surface area (Å²) in [5.74, 6) is -2.35. The van der Waals surface area contributed by atoms with E-state index in [1.807, 2.05) is 13.8 Å². The van der Waals surface area contributed by atoms with Crippen LogP contribution in [0, 0.1) is 17.3 Å². The van der Waals surface area contributed by atoms with Crippen LogP contribution in [0.2, 0.25) is 0 Å². The molecule has 0 aromatic rings. The monoisotopic (exact) mass is 560 g/mol. The molecule has 39 heavy (non-hydrogen) atoms. The number of aliphatic hydroxyl groups excluding tert-OH is 2. The Balaban J connectivity index is 4.70. The number of hydrogen-bond donors (Lipinski definition) is 6. The Morgan fingerprint density at radius 2 is 1.51 bits per heavy atom. The molecule has 0 heterocycles. The molecule has 13 nitrogen and oxygen atoms in total. The molecule has 4 amide bonds. The lowest BCUT2D eigenvalue weighted by Crippen LogP contribution is -2.59. The van der Waals surface area contributed by atoms with E-state index in [9.17, 15) is 34.2 Å². The Bertz CT molecular complexity index is 787. The van der Waals surface area contributed by atoms with Gasteiger partial charge in [0, 0.05) is 6.54 Å². The fourth-order valence-corrected chi connectivity index (χ4v) is 3.14. The van der Waals surface area contributed by atoms with Crippen LogP contribution in [0.15, 0.2) is 0 Å². The van der Waals surface area contributed by atoms with Crippen LogP contribution in [-0.2, 0) is 33.4 Å². The summed E-state index contributed by atoms with van der Waals surface area (Å²) in [7, 11) is 0. The minimum Gasteiger partial charge on any atom is -0.395 e. The number of carbonyl (C=O) groups is 5. The van der Waals surface area contributed by atoms with Gasteiger partial charge in [0.25, 0.3) is 0 Å². The van der Waals surface area contributed by atoms with Gasteiger partial charge in [-0.1, -0.05) is 27.7 Å². The second-order valence-electron chi connectivity index (χ2n) is 10.9. The average molecular weight is 561 g/mol. The van der Waals surface area contributed by atoms with Crippen LogP contribution in [0.25, 0.3) is 0 Å². The molecule has 0 rings (SSSR count). The van der Waals surface area contributed by atoms with Gasteiger partial charge in [-0.25, -0.2) is 0 Å². The number of aliphatic hydroxyl groups is 2. The fourth-order valence-electron chi connectivity index (χ4n) is 3.14. The number of nitrogens with one attached hydrogen (secondary N) is 4. The van der Waals surface area contributed by atoms with Crippen LogP contribution in [0.1, 0.15) is 54.9 Å². The highest BCUT2D eigenvalue weighted by Gasteiger charge is 2.31. The number of hydrogen-bond acceptors (Lipinski definition) is 9. The van der Waals surface area contributed by atoms with Crippen molar-refractivity contribution in [3.63, 3.8) is 0 Å². The van der Waals surface area contributed by atoms with Crippen molar-refractivity contribution in [3.05, 3.63) is 0 Å². The molecule has 0 aromatic heterocycles. The van der Waals surface area contributed by atoms with Crippen molar-refractivity contribution >= 4 is 29.9 Å². The third kappa shape index (κ3) is 14.9. The van der Waals surface area contributed by atoms with Crippen molar-refractivity contribution in [2.45, 2.75) is 79.1 Å². The second-order valence-corrected chi connectivity index (χ2v) is 10.9. The molecule has 226 valence electrons. The van der Waals surface area contributed by atoms with Crippen molar-refractivity contribution in [3.8, 4) is 0 Å². The van der Waals surface area contributed by atoms with E-state index >= 15 is 0 Å². The Morgan fingerprint density at radius 1 is 0.897 bits per heavy atom. The first kappa shape index (κ1) is 36.4. The second kappa shape index (κ2) is 18.6. The summed E-state index contributed by atoms with van der Waals surface area (Å²) in [6, 6.07) is -3.08. The quantitative estimate of drug-likeness (QED) is 0.0791. The molecule has 0 spiro atoms. The molecular formula is C26H48N4O9. The molecule has 0 aliphatic heterocycles. The van der Waals surface area contributed by atoms with Gasteiger partial charge in [-0.3, -0.25) is 19.2 Å². The van der Waals surface area contributed by atoms with Gasteiger partial charge < -0.3 is 45.7 Å². The van der Waals surface area contributed by atoms with Crippen molar-refractivity contribution < 1.29 is 43.7 Å². The Labute approximate surface area is 231 Å². The number of ether oxygens (including phenoxy) is 2. The van der Waals surface area contributed by atoms with E-state index in [0.29, 0.717) is 6.29 Å². The zero-order valence-corrected chi connectivity index (χ0v) is 24.2. The zero-order chi connectivity index (χ0) is 30.2. The molecule has 0 aliphatic rings. The Kier molecular flexibility index (Phi) is 17.4. The highest BCUT2D eigenvalue weighted by atomic mass is 16.5. The van der Waals surface area contributed by atoms with Crippen molar-refractivity contribution in [1.29, 1.82) is 0 Å². The largest absolute Gasteiger partial charge is 0.395 e. The van der Waals surface area contributed by atoms with E-state index in [4.69, 9.17) is 9.47 Å². The summed E-state index contributed by atoms with van der Waals surface area (Å²) >= 11 is 0. The smallest absolute Gasteiger partial charge is 0.246 e. The van der Waals surface area contributed by atoms with Crippen LogP contribution in [0.4, 0.5) is 0 Å². The molecule has 1 unspecified atom stereocenters. The topological polar surface area (TPSA) is 192 Å².